The van der Waals surface area contributed by atoms with E-state index in [-0.39, 0.29) is 35.5 Å². The summed E-state index contributed by atoms with van der Waals surface area (Å²) in [6, 6.07) is 10.7. The molecule has 320 valence electrons. The average Bonchev–Trinajstić information content (AvgIpc) is 3.83. The van der Waals surface area contributed by atoms with Gasteiger partial charge in [0, 0.05) is 24.2 Å². The van der Waals surface area contributed by atoms with Crippen molar-refractivity contribution in [3.05, 3.63) is 106 Å². The highest BCUT2D eigenvalue weighted by Crippen LogP contribution is 2.30. The van der Waals surface area contributed by atoms with Gasteiger partial charge in [0.25, 0.3) is 11.8 Å². The second-order valence-electron chi connectivity index (χ2n) is 18.0. The third-order valence-electron chi connectivity index (χ3n) is 10.2. The van der Waals surface area contributed by atoms with Gasteiger partial charge in [-0.1, -0.05) is 77.9 Å². The van der Waals surface area contributed by atoms with E-state index in [1.807, 2.05) is 39.8 Å². The highest BCUT2D eigenvalue weighted by Gasteiger charge is 2.30. The number of nitrogens with zero attached hydrogens (tertiary/aromatic N) is 4. The molecule has 0 saturated heterocycles. The second kappa shape index (κ2) is 19.2. The Morgan fingerprint density at radius 3 is 1.29 bits per heavy atom. The summed E-state index contributed by atoms with van der Waals surface area (Å²) in [6.07, 6.45) is 5.17. The van der Waals surface area contributed by atoms with Crippen LogP contribution in [-0.4, -0.2) is 66.4 Å². The second-order valence-corrected chi connectivity index (χ2v) is 18.0. The Morgan fingerprint density at radius 1 is 0.610 bits per heavy atom. The van der Waals surface area contributed by atoms with Gasteiger partial charge in [0.15, 0.2) is 0 Å². The molecule has 59 heavy (non-hydrogen) atoms. The molecule has 4 rings (SSSR count). The summed E-state index contributed by atoms with van der Waals surface area (Å²) in [6.45, 7) is 27.2. The maximum absolute atomic E-state index is 13.5. The summed E-state index contributed by atoms with van der Waals surface area (Å²) in [5.41, 5.74) is 6.48. The van der Waals surface area contributed by atoms with Crippen molar-refractivity contribution >= 4 is 24.0 Å². The highest BCUT2D eigenvalue weighted by atomic mass is 16.6. The van der Waals surface area contributed by atoms with Crippen molar-refractivity contribution in [1.82, 2.24) is 29.7 Å². The molecule has 4 aromatic rings. The van der Waals surface area contributed by atoms with Crippen LogP contribution in [0, 0.1) is 25.7 Å². The van der Waals surface area contributed by atoms with Crippen molar-refractivity contribution in [3.8, 4) is 0 Å². The Labute approximate surface area is 349 Å². The molecule has 0 aliphatic heterocycles. The lowest BCUT2D eigenvalue weighted by Gasteiger charge is -2.25. The lowest BCUT2D eigenvalue weighted by molar-refractivity contribution is 0.0459. The van der Waals surface area contributed by atoms with Gasteiger partial charge in [-0.05, 0) is 101 Å². The number of ether oxygens (including phenoxy) is 3. The summed E-state index contributed by atoms with van der Waals surface area (Å²) in [5, 5.41) is 5.45. The number of benzene rings is 2. The fraction of sp³-hybridized carbons (Fsp3) is 0.522. The molecule has 4 atom stereocenters. The smallest absolute Gasteiger partial charge is 0.408 e. The van der Waals surface area contributed by atoms with Crippen LogP contribution < -0.4 is 10.6 Å². The fourth-order valence-electron chi connectivity index (χ4n) is 6.83. The molecule has 13 heteroatoms. The van der Waals surface area contributed by atoms with Gasteiger partial charge in [0.1, 0.15) is 35.9 Å². The maximum Gasteiger partial charge on any atom is 0.408 e. The molecule has 2 N–H and O–H groups in total. The van der Waals surface area contributed by atoms with E-state index in [4.69, 9.17) is 14.2 Å². The molecule has 0 fully saturated rings. The monoisotopic (exact) mass is 812 g/mol. The van der Waals surface area contributed by atoms with Crippen LogP contribution in [0.2, 0.25) is 0 Å². The summed E-state index contributed by atoms with van der Waals surface area (Å²) in [4.78, 5) is 61.2. The normalized spacial score (nSPS) is 14.1. The van der Waals surface area contributed by atoms with Crippen LogP contribution in [-0.2, 0) is 27.4 Å². The maximum atomic E-state index is 13.5. The highest BCUT2D eigenvalue weighted by molar-refractivity contribution is 5.88. The molecule has 2 heterocycles. The number of rotatable bonds is 14. The summed E-state index contributed by atoms with van der Waals surface area (Å²) < 4.78 is 20.0. The van der Waals surface area contributed by atoms with Crippen molar-refractivity contribution < 1.29 is 33.4 Å². The van der Waals surface area contributed by atoms with Crippen molar-refractivity contribution in [1.29, 1.82) is 0 Å². The Hall–Kier alpha value is -5.30. The zero-order chi connectivity index (χ0) is 44.0. The van der Waals surface area contributed by atoms with E-state index in [2.05, 4.69) is 72.6 Å². The summed E-state index contributed by atoms with van der Waals surface area (Å²) >= 11 is 0. The van der Waals surface area contributed by atoms with Crippen molar-refractivity contribution in [3.63, 3.8) is 0 Å². The quantitative estimate of drug-likeness (QED) is 0.127. The predicted octanol–water partition coefficient (Wildman–Crippen LogP) is 9.10. The molecular formula is C46H64N6O7. The molecule has 2 aromatic heterocycles. The molecule has 0 bridgehead atoms. The Morgan fingerprint density at radius 2 is 0.966 bits per heavy atom. The van der Waals surface area contributed by atoms with Crippen LogP contribution in [0.5, 0.6) is 0 Å². The van der Waals surface area contributed by atoms with Crippen LogP contribution in [0.3, 0.4) is 0 Å². The minimum absolute atomic E-state index is 0.114. The third kappa shape index (κ3) is 12.4. The number of nitrogens with one attached hydrogen (secondary N) is 2. The van der Waals surface area contributed by atoms with E-state index >= 15 is 0 Å². The van der Waals surface area contributed by atoms with Crippen molar-refractivity contribution in [2.75, 3.05) is 0 Å². The van der Waals surface area contributed by atoms with E-state index in [1.54, 1.807) is 53.9 Å². The fourth-order valence-corrected chi connectivity index (χ4v) is 6.83. The van der Waals surface area contributed by atoms with Crippen LogP contribution in [0.25, 0.3) is 0 Å². The molecule has 2 aromatic carbocycles. The zero-order valence-electron chi connectivity index (χ0n) is 37.3. The number of amides is 2. The van der Waals surface area contributed by atoms with Gasteiger partial charge in [-0.25, -0.2) is 19.6 Å². The molecule has 0 aliphatic carbocycles. The minimum Gasteiger partial charge on any atom is -0.444 e. The SMILES string of the molecule is Cc1c(COCc2cccc([C@H](C)c3cn(C(=O)C(NC(=O)OC(C)(C)C)C(C)C)cn3)c2C)cccc1[C@H](C)c1cn(C(=O)C(NC(=O)OC(C)(C)C)C(C)C)cn1. The molecule has 13 nitrogen and oxygen atoms in total. The number of hydrogen-bond donors (Lipinski definition) is 2. The molecule has 0 radical (unpaired) electrons. The predicted molar refractivity (Wildman–Crippen MR) is 228 cm³/mol. The molecular weight excluding hydrogens is 749 g/mol. The van der Waals surface area contributed by atoms with E-state index in [9.17, 15) is 19.2 Å². The van der Waals surface area contributed by atoms with Crippen LogP contribution >= 0.6 is 0 Å². The van der Waals surface area contributed by atoms with Gasteiger partial charge in [-0.3, -0.25) is 18.7 Å². The standard InChI is InChI=1S/C46H64N6O7/c1-27(2)39(49-43(55)58-45(9,10)11)41(53)51-21-37(47-25-51)31(7)35-19-15-17-33(29(35)5)23-57-24-34-18-16-20-36(30(34)6)32(8)38-22-52(26-48-38)42(54)40(28(3)4)50-44(56)59-46(12,13)14/h15-22,25-28,31-32,39-40H,23-24H2,1-14H3,(H,49,55)(H,50,56)/t31-,32-,39?,40?/m0/s1. The minimum atomic E-state index is -0.787. The van der Waals surface area contributed by atoms with E-state index in [0.717, 1.165) is 44.8 Å². The van der Waals surface area contributed by atoms with Gasteiger partial charge < -0.3 is 24.8 Å². The largest absolute Gasteiger partial charge is 0.444 e. The molecule has 2 unspecified atom stereocenters. The Kier molecular flexibility index (Phi) is 15.1. The van der Waals surface area contributed by atoms with Gasteiger partial charge in [0.2, 0.25) is 0 Å². The van der Waals surface area contributed by atoms with E-state index in [1.165, 1.54) is 21.8 Å². The first kappa shape index (κ1) is 46.4. The van der Waals surface area contributed by atoms with Crippen LogP contribution in [0.15, 0.2) is 61.4 Å². The van der Waals surface area contributed by atoms with Crippen molar-refractivity contribution in [2.24, 2.45) is 11.8 Å². The molecule has 0 spiro atoms. The van der Waals surface area contributed by atoms with Gasteiger partial charge >= 0.3 is 12.2 Å². The van der Waals surface area contributed by atoms with Gasteiger partial charge in [0.05, 0.1) is 24.6 Å². The Balaban J connectivity index is 1.42. The first-order valence-corrected chi connectivity index (χ1v) is 20.4. The number of carbonyl (C=O) groups excluding carboxylic acids is 4. The lowest BCUT2D eigenvalue weighted by Crippen LogP contribution is -2.48. The van der Waals surface area contributed by atoms with Gasteiger partial charge in [-0.15, -0.1) is 0 Å². The van der Waals surface area contributed by atoms with Gasteiger partial charge in [-0.2, -0.15) is 0 Å². The Bertz CT molecular complexity index is 1950. The number of alkyl carbamates (subject to hydrolysis) is 2. The zero-order valence-corrected chi connectivity index (χ0v) is 37.3. The van der Waals surface area contributed by atoms with Crippen LogP contribution in [0.1, 0.15) is 149 Å². The van der Waals surface area contributed by atoms with Crippen molar-refractivity contribution in [2.45, 2.75) is 145 Å². The van der Waals surface area contributed by atoms with E-state index < -0.39 is 35.5 Å². The topological polar surface area (TPSA) is 156 Å². The van der Waals surface area contributed by atoms with E-state index in [0.29, 0.717) is 13.2 Å². The first-order chi connectivity index (χ1) is 27.5. The lowest BCUT2D eigenvalue weighted by atomic mass is 9.91. The third-order valence-corrected chi connectivity index (χ3v) is 10.2. The molecule has 2 amide bonds. The summed E-state index contributed by atoms with van der Waals surface area (Å²) in [7, 11) is 0. The molecule has 0 aliphatic rings. The number of hydrogen-bond acceptors (Lipinski definition) is 9. The first-order valence-electron chi connectivity index (χ1n) is 20.4. The number of imidazole rings is 2. The molecule has 0 saturated carbocycles. The number of carbonyl (C=O) groups is 4. The van der Waals surface area contributed by atoms with Crippen LogP contribution in [0.4, 0.5) is 9.59 Å². The number of aromatic nitrogens is 4. The average molecular weight is 813 g/mol. The summed E-state index contributed by atoms with van der Waals surface area (Å²) in [5.74, 6) is -1.16.